The number of hydrogen-bond acceptors (Lipinski definition) is 3. The number of thioether (sulfide) groups is 1. The van der Waals surface area contributed by atoms with Gasteiger partial charge in [0, 0.05) is 12.4 Å². The highest BCUT2D eigenvalue weighted by Gasteiger charge is 2.21. The molecule has 1 rings (SSSR count). The molecule has 2 atom stereocenters. The van der Waals surface area contributed by atoms with Gasteiger partial charge in [-0.3, -0.25) is 4.79 Å². The Hall–Kier alpha value is -0.220. The van der Waals surface area contributed by atoms with Crippen molar-refractivity contribution in [2.75, 3.05) is 12.4 Å². The van der Waals surface area contributed by atoms with E-state index in [1.807, 2.05) is 0 Å². The minimum atomic E-state index is -0.675. The summed E-state index contributed by atoms with van der Waals surface area (Å²) < 4.78 is 5.47. The predicted molar refractivity (Wildman–Crippen MR) is 62.4 cm³/mol. The first kappa shape index (κ1) is 12.8. The fourth-order valence-electron chi connectivity index (χ4n) is 1.67. The van der Waals surface area contributed by atoms with Crippen LogP contribution in [0.2, 0.25) is 0 Å². The van der Waals surface area contributed by atoms with Crippen molar-refractivity contribution in [2.45, 2.75) is 50.4 Å². The molecule has 1 heterocycles. The molecule has 0 radical (unpaired) electrons. The summed E-state index contributed by atoms with van der Waals surface area (Å²) in [6.45, 7) is 2.93. The van der Waals surface area contributed by atoms with Crippen LogP contribution < -0.4 is 0 Å². The van der Waals surface area contributed by atoms with Crippen molar-refractivity contribution in [3.8, 4) is 0 Å². The average molecular weight is 232 g/mol. The molecule has 1 saturated heterocycles. The molecule has 0 aliphatic carbocycles. The smallest absolute Gasteiger partial charge is 0.316 e. The molecular weight excluding hydrogens is 212 g/mol. The van der Waals surface area contributed by atoms with E-state index in [9.17, 15) is 4.79 Å². The van der Waals surface area contributed by atoms with Crippen molar-refractivity contribution in [1.29, 1.82) is 0 Å². The van der Waals surface area contributed by atoms with Crippen LogP contribution >= 0.6 is 11.8 Å². The fraction of sp³-hybridized carbons (Fsp3) is 0.909. The minimum Gasteiger partial charge on any atom is -0.480 e. The van der Waals surface area contributed by atoms with Crippen LogP contribution in [0.5, 0.6) is 0 Å². The van der Waals surface area contributed by atoms with Crippen LogP contribution in [-0.4, -0.2) is 34.8 Å². The van der Waals surface area contributed by atoms with E-state index in [0.29, 0.717) is 6.10 Å². The standard InChI is InChI=1S/C11H20O3S/c1-2-3-6-10(11(12)13)15-8-9-5-4-7-14-9/h9-10H,2-8H2,1H3,(H,12,13). The summed E-state index contributed by atoms with van der Waals surface area (Å²) in [4.78, 5) is 10.9. The quantitative estimate of drug-likeness (QED) is 0.732. The molecular formula is C11H20O3S. The second-order valence-electron chi connectivity index (χ2n) is 3.94. The molecule has 4 heteroatoms. The molecule has 0 aromatic carbocycles. The predicted octanol–water partition coefficient (Wildman–Crippen LogP) is 2.54. The molecule has 88 valence electrons. The summed E-state index contributed by atoms with van der Waals surface area (Å²) in [5.74, 6) is 0.159. The highest BCUT2D eigenvalue weighted by molar-refractivity contribution is 8.00. The Balaban J connectivity index is 2.20. The van der Waals surface area contributed by atoms with Crippen molar-refractivity contribution >= 4 is 17.7 Å². The zero-order valence-electron chi connectivity index (χ0n) is 9.28. The zero-order chi connectivity index (χ0) is 11.1. The highest BCUT2D eigenvalue weighted by Crippen LogP contribution is 2.23. The van der Waals surface area contributed by atoms with E-state index >= 15 is 0 Å². The molecule has 2 unspecified atom stereocenters. The minimum absolute atomic E-state index is 0.242. The SMILES string of the molecule is CCCCC(SCC1CCCO1)C(=O)O. The molecule has 0 bridgehead atoms. The van der Waals surface area contributed by atoms with E-state index in [1.54, 1.807) is 11.8 Å². The molecule has 0 aromatic rings. The number of carbonyl (C=O) groups is 1. The van der Waals surface area contributed by atoms with E-state index in [0.717, 1.165) is 44.5 Å². The van der Waals surface area contributed by atoms with Gasteiger partial charge in [0.05, 0.1) is 6.10 Å². The molecule has 1 N–H and O–H groups in total. The first-order valence-corrected chi connectivity index (χ1v) is 6.75. The van der Waals surface area contributed by atoms with Crippen molar-refractivity contribution in [3.05, 3.63) is 0 Å². The van der Waals surface area contributed by atoms with Crippen LogP contribution in [0.1, 0.15) is 39.0 Å². The first-order chi connectivity index (χ1) is 7.24. The molecule has 3 nitrogen and oxygen atoms in total. The van der Waals surface area contributed by atoms with E-state index in [-0.39, 0.29) is 5.25 Å². The van der Waals surface area contributed by atoms with Gasteiger partial charge in [-0.15, -0.1) is 11.8 Å². The van der Waals surface area contributed by atoms with E-state index in [1.165, 1.54) is 0 Å². The summed E-state index contributed by atoms with van der Waals surface area (Å²) in [5.41, 5.74) is 0. The van der Waals surface area contributed by atoms with E-state index in [4.69, 9.17) is 9.84 Å². The maximum absolute atomic E-state index is 10.9. The Morgan fingerprint density at radius 1 is 1.67 bits per heavy atom. The molecule has 15 heavy (non-hydrogen) atoms. The molecule has 1 fully saturated rings. The average Bonchev–Trinajstić information content (AvgIpc) is 2.70. The lowest BCUT2D eigenvalue weighted by molar-refractivity contribution is -0.136. The van der Waals surface area contributed by atoms with Gasteiger partial charge in [-0.05, 0) is 19.3 Å². The van der Waals surface area contributed by atoms with Crippen molar-refractivity contribution in [1.82, 2.24) is 0 Å². The van der Waals surface area contributed by atoms with Gasteiger partial charge in [0.15, 0.2) is 0 Å². The summed E-state index contributed by atoms with van der Waals surface area (Å²) >= 11 is 1.54. The Morgan fingerprint density at radius 2 is 2.47 bits per heavy atom. The van der Waals surface area contributed by atoms with Gasteiger partial charge in [0.25, 0.3) is 0 Å². The van der Waals surface area contributed by atoms with Gasteiger partial charge < -0.3 is 9.84 Å². The van der Waals surface area contributed by atoms with Gasteiger partial charge in [-0.2, -0.15) is 0 Å². The number of hydrogen-bond donors (Lipinski definition) is 1. The molecule has 0 aromatic heterocycles. The lowest BCUT2D eigenvalue weighted by Crippen LogP contribution is -2.20. The number of rotatable bonds is 7. The molecule has 1 aliphatic rings. The second kappa shape index (κ2) is 7.12. The fourth-order valence-corrected chi connectivity index (χ4v) is 2.85. The third-order valence-corrected chi connectivity index (χ3v) is 4.01. The van der Waals surface area contributed by atoms with Crippen LogP contribution in [-0.2, 0) is 9.53 Å². The summed E-state index contributed by atoms with van der Waals surface area (Å²) in [5, 5.41) is 8.77. The van der Waals surface area contributed by atoms with Gasteiger partial charge in [0.1, 0.15) is 5.25 Å². The van der Waals surface area contributed by atoms with Gasteiger partial charge in [0.2, 0.25) is 0 Å². The van der Waals surface area contributed by atoms with Crippen molar-refractivity contribution < 1.29 is 14.6 Å². The van der Waals surface area contributed by atoms with E-state index < -0.39 is 5.97 Å². The Kier molecular flexibility index (Phi) is 6.10. The van der Waals surface area contributed by atoms with Crippen LogP contribution in [0.4, 0.5) is 0 Å². The maximum Gasteiger partial charge on any atom is 0.316 e. The van der Waals surface area contributed by atoms with Crippen LogP contribution in [0.3, 0.4) is 0 Å². The molecule has 0 spiro atoms. The highest BCUT2D eigenvalue weighted by atomic mass is 32.2. The van der Waals surface area contributed by atoms with E-state index in [2.05, 4.69) is 6.92 Å². The number of carboxylic acid groups (broad SMARTS) is 1. The Bertz CT molecular complexity index is 190. The molecule has 0 saturated carbocycles. The molecule has 0 amide bonds. The molecule has 1 aliphatic heterocycles. The van der Waals surface area contributed by atoms with Crippen LogP contribution in [0.15, 0.2) is 0 Å². The number of aliphatic carboxylic acids is 1. The normalized spacial score (nSPS) is 22.9. The van der Waals surface area contributed by atoms with Crippen LogP contribution in [0, 0.1) is 0 Å². The zero-order valence-corrected chi connectivity index (χ0v) is 10.1. The lowest BCUT2D eigenvalue weighted by Gasteiger charge is -2.14. The number of carboxylic acids is 1. The van der Waals surface area contributed by atoms with Crippen molar-refractivity contribution in [2.24, 2.45) is 0 Å². The largest absolute Gasteiger partial charge is 0.480 e. The summed E-state index contributed by atoms with van der Waals surface area (Å²) in [7, 11) is 0. The summed E-state index contributed by atoms with van der Waals surface area (Å²) in [6, 6.07) is 0. The third-order valence-electron chi connectivity index (χ3n) is 2.60. The first-order valence-electron chi connectivity index (χ1n) is 5.70. The Morgan fingerprint density at radius 3 is 3.00 bits per heavy atom. The van der Waals surface area contributed by atoms with Gasteiger partial charge in [-0.1, -0.05) is 19.8 Å². The maximum atomic E-state index is 10.9. The Labute approximate surface area is 95.6 Å². The third kappa shape index (κ3) is 4.89. The topological polar surface area (TPSA) is 46.5 Å². The number of ether oxygens (including phenoxy) is 1. The number of unbranched alkanes of at least 4 members (excludes halogenated alkanes) is 1. The monoisotopic (exact) mass is 232 g/mol. The van der Waals surface area contributed by atoms with Gasteiger partial charge in [-0.25, -0.2) is 0 Å². The van der Waals surface area contributed by atoms with Crippen molar-refractivity contribution in [3.63, 3.8) is 0 Å². The second-order valence-corrected chi connectivity index (χ2v) is 5.17. The van der Waals surface area contributed by atoms with Gasteiger partial charge >= 0.3 is 5.97 Å². The van der Waals surface area contributed by atoms with Crippen LogP contribution in [0.25, 0.3) is 0 Å². The lowest BCUT2D eigenvalue weighted by atomic mass is 10.2. The summed E-state index contributed by atoms with van der Waals surface area (Å²) in [6.07, 6.45) is 5.34.